The molecule has 4 nitrogen and oxygen atoms in total. The molecule has 5 heteroatoms. The molecule has 116 valence electrons. The molecule has 0 aliphatic carbocycles. The Balaban J connectivity index is 2.93. The quantitative estimate of drug-likeness (QED) is 0.876. The van der Waals surface area contributed by atoms with E-state index in [1.54, 1.807) is 32.0 Å². The van der Waals surface area contributed by atoms with Crippen LogP contribution in [0.2, 0.25) is 0 Å². The van der Waals surface area contributed by atoms with Gasteiger partial charge in [-0.15, -0.1) is 0 Å². The van der Waals surface area contributed by atoms with Gasteiger partial charge in [0.15, 0.2) is 0 Å². The minimum Gasteiger partial charge on any atom is -0.352 e. The molecular weight excluding hydrogens is 271 g/mol. The SMILES string of the molecule is CCC(=O)N(Cc1ccccc1F)[C@@H](C)C(=O)NC(C)C. The largest absolute Gasteiger partial charge is 0.352 e. The summed E-state index contributed by atoms with van der Waals surface area (Å²) in [5, 5.41) is 2.78. The molecule has 0 bridgehead atoms. The standard InChI is InChI=1S/C16H23FN2O2/c1-5-15(20)19(12(4)16(21)18-11(2)3)10-13-8-6-7-9-14(13)17/h6-9,11-12H,5,10H2,1-4H3,(H,18,21)/t12-/m0/s1. The van der Waals surface area contributed by atoms with E-state index in [2.05, 4.69) is 5.32 Å². The fraction of sp³-hybridized carbons (Fsp3) is 0.500. The molecule has 0 radical (unpaired) electrons. The molecule has 1 aromatic rings. The molecule has 0 spiro atoms. The fourth-order valence-corrected chi connectivity index (χ4v) is 2.00. The van der Waals surface area contributed by atoms with E-state index in [-0.39, 0.29) is 36.6 Å². The molecule has 0 saturated carbocycles. The summed E-state index contributed by atoms with van der Waals surface area (Å²) in [4.78, 5) is 25.6. The number of benzene rings is 1. The van der Waals surface area contributed by atoms with Crippen molar-refractivity contribution in [3.63, 3.8) is 0 Å². The van der Waals surface area contributed by atoms with Crippen molar-refractivity contribution in [2.24, 2.45) is 0 Å². The third kappa shape index (κ3) is 4.85. The van der Waals surface area contributed by atoms with Crippen LogP contribution in [-0.2, 0) is 16.1 Å². The number of rotatable bonds is 6. The van der Waals surface area contributed by atoms with Crippen molar-refractivity contribution >= 4 is 11.8 Å². The predicted octanol–water partition coefficient (Wildman–Crippen LogP) is 2.48. The summed E-state index contributed by atoms with van der Waals surface area (Å²) in [6.07, 6.45) is 0.272. The summed E-state index contributed by atoms with van der Waals surface area (Å²) in [5.41, 5.74) is 0.406. The zero-order chi connectivity index (χ0) is 16.0. The zero-order valence-electron chi connectivity index (χ0n) is 13.0. The summed E-state index contributed by atoms with van der Waals surface area (Å²) < 4.78 is 13.8. The van der Waals surface area contributed by atoms with Crippen LogP contribution in [0.3, 0.4) is 0 Å². The van der Waals surface area contributed by atoms with Gasteiger partial charge in [0.05, 0.1) is 0 Å². The van der Waals surface area contributed by atoms with Crippen molar-refractivity contribution in [2.45, 2.75) is 52.7 Å². The van der Waals surface area contributed by atoms with Crippen LogP contribution in [0.25, 0.3) is 0 Å². The molecule has 1 atom stereocenters. The van der Waals surface area contributed by atoms with Crippen LogP contribution in [-0.4, -0.2) is 28.8 Å². The van der Waals surface area contributed by atoms with E-state index in [0.29, 0.717) is 5.56 Å². The average molecular weight is 294 g/mol. The van der Waals surface area contributed by atoms with Gasteiger partial charge in [0.2, 0.25) is 11.8 Å². The maximum absolute atomic E-state index is 13.8. The lowest BCUT2D eigenvalue weighted by molar-refractivity contribution is -0.140. The molecule has 1 rings (SSSR count). The first kappa shape index (κ1) is 17.1. The van der Waals surface area contributed by atoms with Gasteiger partial charge in [0, 0.05) is 24.6 Å². The van der Waals surface area contributed by atoms with Gasteiger partial charge in [0.1, 0.15) is 11.9 Å². The van der Waals surface area contributed by atoms with Gasteiger partial charge in [-0.3, -0.25) is 9.59 Å². The third-order valence-corrected chi connectivity index (χ3v) is 3.20. The Kier molecular flexibility index (Phi) is 6.34. The normalized spacial score (nSPS) is 12.1. The van der Waals surface area contributed by atoms with Gasteiger partial charge >= 0.3 is 0 Å². The maximum atomic E-state index is 13.8. The Hall–Kier alpha value is -1.91. The number of hydrogen-bond acceptors (Lipinski definition) is 2. The molecule has 1 N–H and O–H groups in total. The summed E-state index contributed by atoms with van der Waals surface area (Å²) in [6, 6.07) is 5.64. The summed E-state index contributed by atoms with van der Waals surface area (Å²) in [5.74, 6) is -0.782. The third-order valence-electron chi connectivity index (χ3n) is 3.20. The van der Waals surface area contributed by atoms with Crippen molar-refractivity contribution in [3.8, 4) is 0 Å². The average Bonchev–Trinajstić information content (AvgIpc) is 2.44. The summed E-state index contributed by atoms with van der Waals surface area (Å²) in [7, 11) is 0. The van der Waals surface area contributed by atoms with E-state index >= 15 is 0 Å². The predicted molar refractivity (Wildman–Crippen MR) is 80.0 cm³/mol. The van der Waals surface area contributed by atoms with Gasteiger partial charge in [0.25, 0.3) is 0 Å². The zero-order valence-corrected chi connectivity index (χ0v) is 13.0. The number of hydrogen-bond donors (Lipinski definition) is 1. The number of nitrogens with zero attached hydrogens (tertiary/aromatic N) is 1. The Labute approximate surface area is 125 Å². The molecule has 2 amide bonds. The van der Waals surface area contributed by atoms with E-state index in [9.17, 15) is 14.0 Å². The highest BCUT2D eigenvalue weighted by atomic mass is 19.1. The van der Waals surface area contributed by atoms with Crippen LogP contribution in [0, 0.1) is 5.82 Å². The summed E-state index contributed by atoms with van der Waals surface area (Å²) in [6.45, 7) is 7.18. The minimum absolute atomic E-state index is 0.00742. The fourth-order valence-electron chi connectivity index (χ4n) is 2.00. The van der Waals surface area contributed by atoms with Crippen LogP contribution < -0.4 is 5.32 Å². The second kappa shape index (κ2) is 7.76. The number of carbonyl (C=O) groups is 2. The lowest BCUT2D eigenvalue weighted by Gasteiger charge is -2.29. The maximum Gasteiger partial charge on any atom is 0.242 e. The van der Waals surface area contributed by atoms with E-state index in [0.717, 1.165) is 0 Å². The van der Waals surface area contributed by atoms with Gasteiger partial charge in [-0.2, -0.15) is 0 Å². The lowest BCUT2D eigenvalue weighted by Crippen LogP contribution is -2.49. The van der Waals surface area contributed by atoms with Crippen molar-refractivity contribution in [2.75, 3.05) is 0 Å². The molecule has 0 fully saturated rings. The molecule has 0 heterocycles. The number of amides is 2. The Morgan fingerprint density at radius 2 is 1.86 bits per heavy atom. The van der Waals surface area contributed by atoms with Crippen LogP contribution >= 0.6 is 0 Å². The monoisotopic (exact) mass is 294 g/mol. The van der Waals surface area contributed by atoms with E-state index in [1.807, 2.05) is 13.8 Å². The smallest absolute Gasteiger partial charge is 0.242 e. The van der Waals surface area contributed by atoms with Crippen molar-refractivity contribution in [1.82, 2.24) is 10.2 Å². The van der Waals surface area contributed by atoms with Crippen molar-refractivity contribution in [1.29, 1.82) is 0 Å². The number of carbonyl (C=O) groups excluding carboxylic acids is 2. The molecular formula is C16H23FN2O2. The highest BCUT2D eigenvalue weighted by Crippen LogP contribution is 2.14. The lowest BCUT2D eigenvalue weighted by atomic mass is 10.1. The molecule has 0 aromatic heterocycles. The van der Waals surface area contributed by atoms with E-state index < -0.39 is 6.04 Å². The molecule has 0 aliphatic heterocycles. The highest BCUT2D eigenvalue weighted by Gasteiger charge is 2.26. The first-order valence-corrected chi connectivity index (χ1v) is 7.20. The Bertz CT molecular complexity index is 503. The van der Waals surface area contributed by atoms with Gasteiger partial charge < -0.3 is 10.2 Å². The molecule has 0 saturated heterocycles. The second-order valence-corrected chi connectivity index (χ2v) is 5.31. The molecule has 0 unspecified atom stereocenters. The van der Waals surface area contributed by atoms with Crippen LogP contribution in [0.15, 0.2) is 24.3 Å². The van der Waals surface area contributed by atoms with Crippen molar-refractivity contribution < 1.29 is 14.0 Å². The van der Waals surface area contributed by atoms with Gasteiger partial charge in [-0.1, -0.05) is 25.1 Å². The first-order chi connectivity index (χ1) is 9.86. The van der Waals surface area contributed by atoms with E-state index in [1.165, 1.54) is 11.0 Å². The molecule has 1 aromatic carbocycles. The van der Waals surface area contributed by atoms with Gasteiger partial charge in [-0.05, 0) is 26.8 Å². The summed E-state index contributed by atoms with van der Waals surface area (Å²) >= 11 is 0. The second-order valence-electron chi connectivity index (χ2n) is 5.31. The van der Waals surface area contributed by atoms with Gasteiger partial charge in [-0.25, -0.2) is 4.39 Å². The van der Waals surface area contributed by atoms with Crippen LogP contribution in [0.1, 0.15) is 39.7 Å². The highest BCUT2D eigenvalue weighted by molar-refractivity contribution is 5.87. The van der Waals surface area contributed by atoms with E-state index in [4.69, 9.17) is 0 Å². The van der Waals surface area contributed by atoms with Crippen molar-refractivity contribution in [3.05, 3.63) is 35.6 Å². The molecule has 21 heavy (non-hydrogen) atoms. The van der Waals surface area contributed by atoms with Crippen LogP contribution in [0.5, 0.6) is 0 Å². The minimum atomic E-state index is -0.639. The Morgan fingerprint density at radius 1 is 1.24 bits per heavy atom. The number of nitrogens with one attached hydrogen (secondary N) is 1. The topological polar surface area (TPSA) is 49.4 Å². The first-order valence-electron chi connectivity index (χ1n) is 7.20. The van der Waals surface area contributed by atoms with Crippen LogP contribution in [0.4, 0.5) is 4.39 Å². The number of halogens is 1. The Morgan fingerprint density at radius 3 is 2.38 bits per heavy atom. The molecule has 0 aliphatic rings.